The van der Waals surface area contributed by atoms with Gasteiger partial charge in [-0.25, -0.2) is 0 Å². The van der Waals surface area contributed by atoms with E-state index in [1.807, 2.05) is 0 Å². The summed E-state index contributed by atoms with van der Waals surface area (Å²) in [6.45, 7) is 0. The number of hydrogen-bond donors (Lipinski definition) is 0. The van der Waals surface area contributed by atoms with E-state index in [4.69, 9.17) is 0 Å². The number of rotatable bonds is 2. The summed E-state index contributed by atoms with van der Waals surface area (Å²) in [5.74, 6) is -0.379. The van der Waals surface area contributed by atoms with Gasteiger partial charge in [0.1, 0.15) is 0 Å². The first-order valence-corrected chi connectivity index (χ1v) is 6.92. The van der Waals surface area contributed by atoms with Crippen molar-refractivity contribution in [3.05, 3.63) is 31.3 Å². The Balaban J connectivity index is 3.39. The van der Waals surface area contributed by atoms with Gasteiger partial charge in [-0.15, -0.1) is 0 Å². The highest BCUT2D eigenvalue weighted by molar-refractivity contribution is 14.1. The summed E-state index contributed by atoms with van der Waals surface area (Å²) in [7, 11) is 0. The van der Waals surface area contributed by atoms with E-state index in [2.05, 4.69) is 31.9 Å². The minimum atomic E-state index is -4.47. The molecule has 0 atom stereocenters. The molecule has 1 aromatic carbocycles. The number of halogens is 6. The van der Waals surface area contributed by atoms with Gasteiger partial charge in [-0.05, 0) is 50.7 Å². The van der Waals surface area contributed by atoms with Gasteiger partial charge < -0.3 is 0 Å². The average Bonchev–Trinajstić information content (AvgIpc) is 2.18. The van der Waals surface area contributed by atoms with Gasteiger partial charge in [-0.3, -0.25) is 4.79 Å². The molecule has 7 heteroatoms. The second kappa shape index (κ2) is 5.34. The van der Waals surface area contributed by atoms with Crippen LogP contribution in [0.25, 0.3) is 0 Å². The molecule has 0 saturated carbocycles. The third kappa shape index (κ3) is 3.19. The molecule has 88 valence electrons. The second-order valence-corrected chi connectivity index (χ2v) is 5.39. The zero-order valence-electron chi connectivity index (χ0n) is 7.54. The number of carbonyl (C=O) groups is 1. The van der Waals surface area contributed by atoms with Crippen LogP contribution in [0.2, 0.25) is 0 Å². The van der Waals surface area contributed by atoms with Crippen LogP contribution >= 0.6 is 54.5 Å². The summed E-state index contributed by atoms with van der Waals surface area (Å²) in [5.41, 5.74) is -0.777. The molecule has 0 saturated heterocycles. The van der Waals surface area contributed by atoms with Crippen LogP contribution in [0.3, 0.4) is 0 Å². The van der Waals surface area contributed by atoms with Crippen molar-refractivity contribution >= 4 is 60.2 Å². The van der Waals surface area contributed by atoms with Crippen molar-refractivity contribution in [2.45, 2.75) is 6.18 Å². The van der Waals surface area contributed by atoms with E-state index in [-0.39, 0.29) is 21.1 Å². The van der Waals surface area contributed by atoms with Crippen LogP contribution in [0, 0.1) is 3.57 Å². The molecule has 0 bridgehead atoms. The van der Waals surface area contributed by atoms with E-state index in [1.165, 1.54) is 6.07 Å². The van der Waals surface area contributed by atoms with Crippen LogP contribution in [0.4, 0.5) is 13.2 Å². The van der Waals surface area contributed by atoms with Crippen molar-refractivity contribution in [1.82, 2.24) is 0 Å². The summed E-state index contributed by atoms with van der Waals surface area (Å²) in [5, 5.41) is 0.00199. The Kier molecular flexibility index (Phi) is 4.82. The first-order valence-electron chi connectivity index (χ1n) is 3.92. The van der Waals surface area contributed by atoms with Crippen molar-refractivity contribution in [3.63, 3.8) is 0 Å². The molecule has 0 fully saturated rings. The van der Waals surface area contributed by atoms with Gasteiger partial charge in [0.2, 0.25) is 0 Å². The molecule has 0 spiro atoms. The standard InChI is InChI=1S/C9H4Br2F3IO/c10-3-7(16)4-1-5(9(12,13)14)8(11)6(15)2-4/h1-2H,3H2. The molecule has 0 aliphatic carbocycles. The average molecular weight is 472 g/mol. The Morgan fingerprint density at radius 3 is 2.38 bits per heavy atom. The number of benzene rings is 1. The third-order valence-electron chi connectivity index (χ3n) is 1.78. The molecule has 0 amide bonds. The van der Waals surface area contributed by atoms with Crippen LogP contribution in [0.1, 0.15) is 15.9 Å². The van der Waals surface area contributed by atoms with Crippen molar-refractivity contribution in [3.8, 4) is 0 Å². The summed E-state index contributed by atoms with van der Waals surface area (Å²) >= 11 is 7.55. The highest BCUT2D eigenvalue weighted by Crippen LogP contribution is 2.37. The maximum atomic E-state index is 12.6. The Bertz CT molecular complexity index is 431. The first kappa shape index (κ1) is 14.4. The van der Waals surface area contributed by atoms with Crippen LogP contribution in [-0.2, 0) is 6.18 Å². The summed E-state index contributed by atoms with van der Waals surface area (Å²) in [6, 6.07) is 2.28. The topological polar surface area (TPSA) is 17.1 Å². The lowest BCUT2D eigenvalue weighted by Gasteiger charge is -2.12. The Hall–Kier alpha value is 0.370. The van der Waals surface area contributed by atoms with E-state index >= 15 is 0 Å². The van der Waals surface area contributed by atoms with Crippen LogP contribution < -0.4 is 0 Å². The maximum absolute atomic E-state index is 12.6. The summed E-state index contributed by atoms with van der Waals surface area (Å²) < 4.78 is 38.2. The van der Waals surface area contributed by atoms with E-state index in [1.54, 1.807) is 22.6 Å². The summed E-state index contributed by atoms with van der Waals surface area (Å²) in [4.78, 5) is 11.3. The van der Waals surface area contributed by atoms with E-state index in [0.717, 1.165) is 6.07 Å². The fourth-order valence-corrected chi connectivity index (χ4v) is 2.44. The molecule has 0 aliphatic heterocycles. The fourth-order valence-electron chi connectivity index (χ4n) is 1.03. The van der Waals surface area contributed by atoms with Gasteiger partial charge in [0.25, 0.3) is 0 Å². The molecule has 0 heterocycles. The predicted octanol–water partition coefficient (Wildman–Crippen LogP) is 4.65. The predicted molar refractivity (Wildman–Crippen MR) is 70.0 cm³/mol. The highest BCUT2D eigenvalue weighted by atomic mass is 127. The van der Waals surface area contributed by atoms with Crippen LogP contribution in [0.15, 0.2) is 16.6 Å². The normalized spacial score (nSPS) is 11.6. The van der Waals surface area contributed by atoms with Crippen molar-refractivity contribution in [2.24, 2.45) is 0 Å². The van der Waals surface area contributed by atoms with Gasteiger partial charge in [-0.2, -0.15) is 13.2 Å². The molecule has 0 aromatic heterocycles. The Labute approximate surface area is 120 Å². The largest absolute Gasteiger partial charge is 0.417 e. The van der Waals surface area contributed by atoms with E-state index in [0.29, 0.717) is 3.57 Å². The minimum absolute atomic E-state index is 0.00199. The second-order valence-electron chi connectivity index (χ2n) is 2.87. The summed E-state index contributed by atoms with van der Waals surface area (Å²) in [6.07, 6.45) is -4.47. The zero-order valence-corrected chi connectivity index (χ0v) is 12.9. The maximum Gasteiger partial charge on any atom is 0.417 e. The lowest BCUT2D eigenvalue weighted by atomic mass is 10.1. The molecule has 1 aromatic rings. The van der Waals surface area contributed by atoms with Gasteiger partial charge >= 0.3 is 6.18 Å². The quantitative estimate of drug-likeness (QED) is 0.349. The van der Waals surface area contributed by atoms with Crippen molar-refractivity contribution in [1.29, 1.82) is 0 Å². The number of carbonyl (C=O) groups excluding carboxylic acids is 1. The van der Waals surface area contributed by atoms with Gasteiger partial charge in [0.15, 0.2) is 5.78 Å². The minimum Gasteiger partial charge on any atom is -0.293 e. The molecule has 1 rings (SSSR count). The smallest absolute Gasteiger partial charge is 0.293 e. The van der Waals surface area contributed by atoms with Crippen molar-refractivity contribution in [2.75, 3.05) is 5.33 Å². The van der Waals surface area contributed by atoms with Gasteiger partial charge in [0, 0.05) is 13.6 Å². The zero-order chi connectivity index (χ0) is 12.5. The molecule has 0 N–H and O–H groups in total. The molecule has 1 nitrogen and oxygen atoms in total. The number of alkyl halides is 4. The van der Waals surface area contributed by atoms with E-state index < -0.39 is 11.7 Å². The molecule has 0 aliphatic rings. The number of Topliss-reactive ketones (excluding diaryl/α,β-unsaturated/α-hetero) is 1. The number of hydrogen-bond acceptors (Lipinski definition) is 1. The first-order chi connectivity index (χ1) is 7.27. The molecule has 0 radical (unpaired) electrons. The molecular weight excluding hydrogens is 468 g/mol. The number of ketones is 1. The van der Waals surface area contributed by atoms with E-state index in [9.17, 15) is 18.0 Å². The third-order valence-corrected chi connectivity index (χ3v) is 4.73. The Morgan fingerprint density at radius 2 is 1.94 bits per heavy atom. The molecular formula is C9H4Br2F3IO. The van der Waals surface area contributed by atoms with Crippen LogP contribution in [-0.4, -0.2) is 11.1 Å². The van der Waals surface area contributed by atoms with Gasteiger partial charge in [-0.1, -0.05) is 15.9 Å². The Morgan fingerprint density at radius 1 is 1.38 bits per heavy atom. The lowest BCUT2D eigenvalue weighted by Crippen LogP contribution is -2.10. The lowest BCUT2D eigenvalue weighted by molar-refractivity contribution is -0.138. The SMILES string of the molecule is O=C(CBr)c1cc(I)c(Br)c(C(F)(F)F)c1. The molecule has 0 unspecified atom stereocenters. The van der Waals surface area contributed by atoms with Gasteiger partial charge in [0.05, 0.1) is 10.9 Å². The monoisotopic (exact) mass is 470 g/mol. The van der Waals surface area contributed by atoms with Crippen molar-refractivity contribution < 1.29 is 18.0 Å². The van der Waals surface area contributed by atoms with Crippen LogP contribution in [0.5, 0.6) is 0 Å². The fraction of sp³-hybridized carbons (Fsp3) is 0.222. The highest BCUT2D eigenvalue weighted by Gasteiger charge is 2.34. The molecule has 16 heavy (non-hydrogen) atoms.